The first kappa shape index (κ1) is 29.6. The Morgan fingerprint density at radius 2 is 1.59 bits per heavy atom. The fourth-order valence-corrected chi connectivity index (χ4v) is 5.64. The van der Waals surface area contributed by atoms with E-state index in [0.29, 0.717) is 0 Å². The molecule has 1 aliphatic rings. The molecular formula is C20H12Cl4F6N2O4S. The molecule has 0 spiro atoms. The van der Waals surface area contributed by atoms with Crippen molar-refractivity contribution in [2.75, 3.05) is 12.3 Å². The number of nitrogens with one attached hydrogen (secondary N) is 1. The number of sulfone groups is 1. The van der Waals surface area contributed by atoms with E-state index in [1.54, 1.807) is 0 Å². The molecular weight excluding hydrogens is 620 g/mol. The summed E-state index contributed by atoms with van der Waals surface area (Å²) in [5.41, 5.74) is -3.82. The first-order chi connectivity index (χ1) is 16.9. The van der Waals surface area contributed by atoms with Crippen LogP contribution in [-0.4, -0.2) is 44.7 Å². The van der Waals surface area contributed by atoms with Gasteiger partial charge in [0.1, 0.15) is 12.3 Å². The van der Waals surface area contributed by atoms with E-state index in [2.05, 4.69) is 5.16 Å². The van der Waals surface area contributed by atoms with Crippen LogP contribution >= 0.6 is 46.4 Å². The normalized spacial score (nSPS) is 18.4. The minimum atomic E-state index is -5.02. The molecule has 1 amide bonds. The van der Waals surface area contributed by atoms with Gasteiger partial charge in [-0.3, -0.25) is 4.79 Å². The lowest BCUT2D eigenvalue weighted by molar-refractivity contribution is -0.275. The van der Waals surface area contributed by atoms with Crippen molar-refractivity contribution in [1.29, 1.82) is 0 Å². The summed E-state index contributed by atoms with van der Waals surface area (Å²) in [6.45, 7) is -1.74. The summed E-state index contributed by atoms with van der Waals surface area (Å²) in [5.74, 6) is -2.78. The zero-order chi connectivity index (χ0) is 28.0. The maximum Gasteiger partial charge on any atom is 0.435 e. The van der Waals surface area contributed by atoms with Gasteiger partial charge in [-0.15, -0.1) is 0 Å². The Kier molecular flexibility index (Phi) is 8.27. The number of rotatable bonds is 6. The third kappa shape index (κ3) is 6.39. The number of hydrogen-bond donors (Lipinski definition) is 1. The van der Waals surface area contributed by atoms with Gasteiger partial charge in [0.15, 0.2) is 9.84 Å². The van der Waals surface area contributed by atoms with Crippen molar-refractivity contribution < 1.29 is 44.4 Å². The first-order valence-electron chi connectivity index (χ1n) is 9.69. The van der Waals surface area contributed by atoms with E-state index in [9.17, 15) is 39.6 Å². The van der Waals surface area contributed by atoms with Gasteiger partial charge >= 0.3 is 12.4 Å². The SMILES string of the molecule is O=C(CS(=O)(=O)c1ccc(C2=NO[C@@](c3cc(Cl)c(Cl)c(Cl)c3)(C(F)(F)F)C2)cc1Cl)NCC(F)(F)F. The van der Waals surface area contributed by atoms with E-state index in [-0.39, 0.29) is 26.3 Å². The molecule has 0 radical (unpaired) electrons. The summed E-state index contributed by atoms with van der Waals surface area (Å²) < 4.78 is 104. The summed E-state index contributed by atoms with van der Waals surface area (Å²) in [5, 5.41) is 3.73. The van der Waals surface area contributed by atoms with Gasteiger partial charge in [-0.25, -0.2) is 8.42 Å². The van der Waals surface area contributed by atoms with Gasteiger partial charge in [-0.2, -0.15) is 26.3 Å². The van der Waals surface area contributed by atoms with Crippen LogP contribution in [0.15, 0.2) is 40.4 Å². The van der Waals surface area contributed by atoms with Crippen molar-refractivity contribution in [2.45, 2.75) is 29.3 Å². The molecule has 2 aromatic rings. The van der Waals surface area contributed by atoms with Crippen LogP contribution < -0.4 is 5.32 Å². The van der Waals surface area contributed by atoms with E-state index < -0.39 is 67.9 Å². The minimum Gasteiger partial charge on any atom is -0.374 e. The first-order valence-corrected chi connectivity index (χ1v) is 12.9. The largest absolute Gasteiger partial charge is 0.435 e. The number of benzene rings is 2. The molecule has 2 aromatic carbocycles. The number of alkyl halides is 6. The zero-order valence-corrected chi connectivity index (χ0v) is 21.6. The lowest BCUT2D eigenvalue weighted by Gasteiger charge is -2.30. The van der Waals surface area contributed by atoms with Crippen LogP contribution in [0, 0.1) is 0 Å². The van der Waals surface area contributed by atoms with Crippen molar-refractivity contribution in [3.8, 4) is 0 Å². The highest BCUT2D eigenvalue weighted by Gasteiger charge is 2.62. The molecule has 202 valence electrons. The molecule has 0 bridgehead atoms. The van der Waals surface area contributed by atoms with Gasteiger partial charge in [0.2, 0.25) is 5.91 Å². The molecule has 3 rings (SSSR count). The van der Waals surface area contributed by atoms with Crippen LogP contribution in [0.25, 0.3) is 0 Å². The van der Waals surface area contributed by atoms with Gasteiger partial charge in [0.25, 0.3) is 5.60 Å². The van der Waals surface area contributed by atoms with Crippen molar-refractivity contribution in [1.82, 2.24) is 5.32 Å². The monoisotopic (exact) mass is 630 g/mol. The topological polar surface area (TPSA) is 84.8 Å². The van der Waals surface area contributed by atoms with E-state index in [0.717, 1.165) is 30.3 Å². The Morgan fingerprint density at radius 3 is 2.11 bits per heavy atom. The van der Waals surface area contributed by atoms with Crippen molar-refractivity contribution in [3.63, 3.8) is 0 Å². The second kappa shape index (κ2) is 10.3. The third-order valence-corrected chi connectivity index (χ3v) is 8.33. The fraction of sp³-hybridized carbons (Fsp3) is 0.300. The van der Waals surface area contributed by atoms with Crippen LogP contribution in [0.5, 0.6) is 0 Å². The molecule has 0 unspecified atom stereocenters. The Bertz CT molecular complexity index is 1360. The lowest BCUT2D eigenvalue weighted by atomic mass is 9.86. The smallest absolute Gasteiger partial charge is 0.374 e. The highest BCUT2D eigenvalue weighted by molar-refractivity contribution is 7.92. The molecule has 1 aliphatic heterocycles. The van der Waals surface area contributed by atoms with Crippen molar-refractivity contribution in [2.24, 2.45) is 5.16 Å². The molecule has 0 fully saturated rings. The molecule has 17 heteroatoms. The van der Waals surface area contributed by atoms with E-state index in [4.69, 9.17) is 51.2 Å². The third-order valence-electron chi connectivity index (χ3n) is 5.04. The predicted octanol–water partition coefficient (Wildman–Crippen LogP) is 6.33. The van der Waals surface area contributed by atoms with E-state index in [1.807, 2.05) is 0 Å². The Morgan fingerprint density at radius 1 is 1.00 bits per heavy atom. The van der Waals surface area contributed by atoms with Crippen LogP contribution in [0.2, 0.25) is 20.1 Å². The summed E-state index contributed by atoms with van der Waals surface area (Å²) in [7, 11) is -4.51. The number of carbonyl (C=O) groups is 1. The number of carbonyl (C=O) groups excluding carboxylic acids is 1. The summed E-state index contributed by atoms with van der Waals surface area (Å²) >= 11 is 23.6. The summed E-state index contributed by atoms with van der Waals surface area (Å²) in [6.07, 6.45) is -10.7. The molecule has 6 nitrogen and oxygen atoms in total. The second-order valence-electron chi connectivity index (χ2n) is 7.68. The van der Waals surface area contributed by atoms with E-state index >= 15 is 0 Å². The predicted molar refractivity (Wildman–Crippen MR) is 124 cm³/mol. The van der Waals surface area contributed by atoms with Crippen LogP contribution in [0.4, 0.5) is 26.3 Å². The number of nitrogens with zero attached hydrogens (tertiary/aromatic N) is 1. The highest BCUT2D eigenvalue weighted by Crippen LogP contribution is 2.50. The van der Waals surface area contributed by atoms with Crippen LogP contribution in [-0.2, 0) is 25.1 Å². The molecule has 0 aliphatic carbocycles. The van der Waals surface area contributed by atoms with Gasteiger partial charge in [0.05, 0.1) is 30.7 Å². The average Bonchev–Trinajstić information content (AvgIpc) is 3.22. The number of halogens is 10. The Balaban J connectivity index is 1.88. The number of hydrogen-bond acceptors (Lipinski definition) is 5. The molecule has 0 saturated carbocycles. The van der Waals surface area contributed by atoms with Gasteiger partial charge in [0, 0.05) is 17.5 Å². The zero-order valence-electron chi connectivity index (χ0n) is 17.8. The van der Waals surface area contributed by atoms with Crippen LogP contribution in [0.1, 0.15) is 17.5 Å². The lowest BCUT2D eigenvalue weighted by Crippen LogP contribution is -2.42. The summed E-state index contributed by atoms with van der Waals surface area (Å²) in [4.78, 5) is 15.9. The summed E-state index contributed by atoms with van der Waals surface area (Å²) in [6, 6.07) is 4.76. The maximum atomic E-state index is 14.2. The Labute approximate surface area is 225 Å². The number of amides is 1. The molecule has 1 N–H and O–H groups in total. The molecule has 0 saturated heterocycles. The van der Waals surface area contributed by atoms with Crippen LogP contribution in [0.3, 0.4) is 0 Å². The minimum absolute atomic E-state index is 0.0530. The van der Waals surface area contributed by atoms with Gasteiger partial charge in [-0.05, 0) is 24.3 Å². The Hall–Kier alpha value is -1.93. The van der Waals surface area contributed by atoms with Gasteiger partial charge < -0.3 is 10.2 Å². The molecule has 1 heterocycles. The van der Waals surface area contributed by atoms with E-state index in [1.165, 1.54) is 5.32 Å². The molecule has 0 aromatic heterocycles. The molecule has 37 heavy (non-hydrogen) atoms. The average molecular weight is 632 g/mol. The highest BCUT2D eigenvalue weighted by atomic mass is 35.5. The molecule has 1 atom stereocenters. The second-order valence-corrected chi connectivity index (χ2v) is 11.2. The maximum absolute atomic E-state index is 14.2. The van der Waals surface area contributed by atoms with Gasteiger partial charge in [-0.1, -0.05) is 57.6 Å². The fourth-order valence-electron chi connectivity index (χ4n) is 3.28. The van der Waals surface area contributed by atoms with Crippen molar-refractivity contribution in [3.05, 3.63) is 61.5 Å². The standard InChI is InChI=1S/C20H12Cl4F6N2O4S/c21-11-3-9(1-2-15(11)37(34,35)7-16(33)31-8-19(25,26)27)14-6-18(36-32-14,20(28,29)30)10-4-12(22)17(24)13(23)5-10/h1-5H,6-8H2,(H,31,33)/t18-/m0/s1. The quantitative estimate of drug-likeness (QED) is 0.298. The van der Waals surface area contributed by atoms with Crippen molar-refractivity contribution >= 4 is 67.9 Å². The number of oxime groups is 1.